The summed E-state index contributed by atoms with van der Waals surface area (Å²) >= 11 is 3.53. The predicted molar refractivity (Wildman–Crippen MR) is 139 cm³/mol. The fourth-order valence-corrected chi connectivity index (χ4v) is 5.25. The van der Waals surface area contributed by atoms with Gasteiger partial charge in [-0.1, -0.05) is 23.5 Å². The van der Waals surface area contributed by atoms with Crippen LogP contribution in [0.25, 0.3) is 6.08 Å². The Labute approximate surface area is 214 Å². The van der Waals surface area contributed by atoms with E-state index in [0.717, 1.165) is 9.13 Å². The zero-order valence-corrected chi connectivity index (χ0v) is 22.1. The van der Waals surface area contributed by atoms with Gasteiger partial charge in [-0.2, -0.15) is 0 Å². The third-order valence-corrected chi connectivity index (χ3v) is 7.12. The second kappa shape index (κ2) is 10.1. The molecule has 0 aliphatic carbocycles. The lowest BCUT2D eigenvalue weighted by molar-refractivity contribution is -0.139. The summed E-state index contributed by atoms with van der Waals surface area (Å²) in [5.41, 5.74) is 2.12. The van der Waals surface area contributed by atoms with Crippen molar-refractivity contribution in [2.75, 3.05) is 20.8 Å². The van der Waals surface area contributed by atoms with E-state index in [1.807, 2.05) is 30.3 Å². The average Bonchev–Trinajstić information content (AvgIpc) is 3.13. The molecule has 4 rings (SSSR count). The lowest BCUT2D eigenvalue weighted by Gasteiger charge is -2.26. The van der Waals surface area contributed by atoms with Gasteiger partial charge in [0.05, 0.1) is 36.6 Å². The number of fused-ring (bicyclic) bond motifs is 1. The lowest BCUT2D eigenvalue weighted by atomic mass is 9.95. The van der Waals surface area contributed by atoms with Gasteiger partial charge in [0.2, 0.25) is 0 Å². The first-order valence-corrected chi connectivity index (χ1v) is 12.4. The van der Waals surface area contributed by atoms with E-state index in [1.165, 1.54) is 11.3 Å². The maximum Gasteiger partial charge on any atom is 0.338 e. The van der Waals surface area contributed by atoms with Crippen molar-refractivity contribution in [3.8, 4) is 11.5 Å². The summed E-state index contributed by atoms with van der Waals surface area (Å²) in [6.07, 6.45) is 1.84. The summed E-state index contributed by atoms with van der Waals surface area (Å²) in [6.45, 7) is 3.71. The summed E-state index contributed by atoms with van der Waals surface area (Å²) in [5.74, 6) is 0.580. The van der Waals surface area contributed by atoms with Gasteiger partial charge in [0.1, 0.15) is 17.5 Å². The standard InChI is InChI=1S/C25H23IN2O5S/c1-5-33-24(30)21-14(2)27-25-28(22(21)18-11-10-17(31-3)13-19(18)32-4)23(29)20(34-25)12-15-6-8-16(26)9-7-15/h6-13,22H,5H2,1-4H3/b20-12+/t22-/m1/s1. The Balaban J connectivity index is 1.99. The maximum atomic E-state index is 13.7. The Bertz CT molecular complexity index is 1450. The number of rotatable bonds is 6. The summed E-state index contributed by atoms with van der Waals surface area (Å²) in [5, 5.41) is 0. The van der Waals surface area contributed by atoms with Crippen LogP contribution in [0.1, 0.15) is 31.0 Å². The van der Waals surface area contributed by atoms with Crippen molar-refractivity contribution >= 4 is 46.0 Å². The highest BCUT2D eigenvalue weighted by Crippen LogP contribution is 2.37. The summed E-state index contributed by atoms with van der Waals surface area (Å²) in [6, 6.07) is 12.4. The number of aromatic nitrogens is 1. The fourth-order valence-electron chi connectivity index (χ4n) is 3.84. The quantitative estimate of drug-likeness (QED) is 0.325. The highest BCUT2D eigenvalue weighted by Gasteiger charge is 2.35. The average molecular weight is 590 g/mol. The molecular formula is C25H23IN2O5S. The molecule has 0 radical (unpaired) electrons. The minimum atomic E-state index is -0.755. The van der Waals surface area contributed by atoms with Crippen LogP contribution < -0.4 is 24.4 Å². The van der Waals surface area contributed by atoms with Gasteiger partial charge in [-0.3, -0.25) is 9.36 Å². The second-order valence-corrected chi connectivity index (χ2v) is 9.72. The minimum Gasteiger partial charge on any atom is -0.497 e. The molecule has 0 saturated heterocycles. The van der Waals surface area contributed by atoms with Gasteiger partial charge in [0.15, 0.2) is 4.80 Å². The number of carbonyl (C=O) groups is 1. The van der Waals surface area contributed by atoms with Crippen molar-refractivity contribution in [2.24, 2.45) is 4.99 Å². The van der Waals surface area contributed by atoms with Gasteiger partial charge in [-0.25, -0.2) is 9.79 Å². The van der Waals surface area contributed by atoms with Gasteiger partial charge in [0, 0.05) is 15.2 Å². The van der Waals surface area contributed by atoms with E-state index < -0.39 is 12.0 Å². The number of thiazole rings is 1. The molecule has 34 heavy (non-hydrogen) atoms. The highest BCUT2D eigenvalue weighted by atomic mass is 127. The summed E-state index contributed by atoms with van der Waals surface area (Å²) < 4.78 is 19.5. The number of allylic oxidation sites excluding steroid dienone is 1. The van der Waals surface area contributed by atoms with Crippen LogP contribution in [0.5, 0.6) is 11.5 Å². The monoisotopic (exact) mass is 590 g/mol. The van der Waals surface area contributed by atoms with E-state index in [-0.39, 0.29) is 12.2 Å². The third-order valence-electron chi connectivity index (χ3n) is 5.42. The Morgan fingerprint density at radius 2 is 1.91 bits per heavy atom. The number of ether oxygens (including phenoxy) is 3. The van der Waals surface area contributed by atoms with Crippen molar-refractivity contribution in [3.63, 3.8) is 0 Å². The van der Waals surface area contributed by atoms with E-state index in [2.05, 4.69) is 27.6 Å². The second-order valence-electron chi connectivity index (χ2n) is 7.46. The van der Waals surface area contributed by atoms with E-state index >= 15 is 0 Å². The lowest BCUT2D eigenvalue weighted by Crippen LogP contribution is -2.40. The summed E-state index contributed by atoms with van der Waals surface area (Å²) in [4.78, 5) is 31.8. The first kappa shape index (κ1) is 24.2. The van der Waals surface area contributed by atoms with Crippen LogP contribution in [0.15, 0.2) is 63.5 Å². The van der Waals surface area contributed by atoms with Crippen LogP contribution in [0, 0.1) is 3.57 Å². The van der Waals surface area contributed by atoms with Gasteiger partial charge in [0.25, 0.3) is 5.56 Å². The van der Waals surface area contributed by atoms with Gasteiger partial charge in [-0.15, -0.1) is 0 Å². The number of carbonyl (C=O) groups excluding carboxylic acids is 1. The van der Waals surface area contributed by atoms with Crippen molar-refractivity contribution < 1.29 is 19.0 Å². The molecule has 0 amide bonds. The largest absolute Gasteiger partial charge is 0.497 e. The Kier molecular flexibility index (Phi) is 7.22. The number of halogens is 1. The summed E-state index contributed by atoms with van der Waals surface area (Å²) in [7, 11) is 3.11. The molecule has 9 heteroatoms. The zero-order valence-electron chi connectivity index (χ0n) is 19.1. The Morgan fingerprint density at radius 3 is 2.56 bits per heavy atom. The van der Waals surface area contributed by atoms with Crippen LogP contribution in [0.2, 0.25) is 0 Å². The molecule has 0 spiro atoms. The smallest absolute Gasteiger partial charge is 0.338 e. The SMILES string of the molecule is CCOC(=O)C1=C(C)N=c2s/c(=C/c3ccc(I)cc3)c(=O)n2[C@@H]1c1ccc(OC)cc1OC. The van der Waals surface area contributed by atoms with Crippen LogP contribution in [-0.2, 0) is 9.53 Å². The van der Waals surface area contributed by atoms with Crippen molar-refractivity contribution in [1.29, 1.82) is 0 Å². The molecule has 2 aromatic carbocycles. The molecule has 176 valence electrons. The Hall–Kier alpha value is -2.92. The maximum absolute atomic E-state index is 13.7. The molecular weight excluding hydrogens is 567 g/mol. The van der Waals surface area contributed by atoms with Crippen molar-refractivity contribution in [1.82, 2.24) is 4.57 Å². The predicted octanol–water partition coefficient (Wildman–Crippen LogP) is 3.42. The number of hydrogen-bond acceptors (Lipinski definition) is 7. The van der Waals surface area contributed by atoms with Crippen LogP contribution in [-0.4, -0.2) is 31.4 Å². The third kappa shape index (κ3) is 4.54. The normalized spacial score (nSPS) is 15.6. The molecule has 0 saturated carbocycles. The molecule has 1 atom stereocenters. The first-order valence-electron chi connectivity index (χ1n) is 10.5. The highest BCUT2D eigenvalue weighted by molar-refractivity contribution is 14.1. The molecule has 7 nitrogen and oxygen atoms in total. The van der Waals surface area contributed by atoms with Gasteiger partial charge >= 0.3 is 5.97 Å². The molecule has 0 unspecified atom stereocenters. The van der Waals surface area contributed by atoms with Gasteiger partial charge in [-0.05, 0) is 72.3 Å². The molecule has 2 heterocycles. The van der Waals surface area contributed by atoms with E-state index in [4.69, 9.17) is 14.2 Å². The van der Waals surface area contributed by atoms with Crippen molar-refractivity contribution in [2.45, 2.75) is 19.9 Å². The van der Waals surface area contributed by atoms with E-state index in [9.17, 15) is 9.59 Å². The number of esters is 1. The number of nitrogens with zero attached hydrogens (tertiary/aromatic N) is 2. The first-order chi connectivity index (χ1) is 16.4. The number of benzene rings is 2. The number of methoxy groups -OCH3 is 2. The minimum absolute atomic E-state index is 0.208. The van der Waals surface area contributed by atoms with E-state index in [0.29, 0.717) is 37.7 Å². The van der Waals surface area contributed by atoms with Crippen LogP contribution in [0.4, 0.5) is 0 Å². The molecule has 1 aromatic heterocycles. The molecule has 3 aromatic rings. The molecule has 0 fully saturated rings. The molecule has 1 aliphatic rings. The Morgan fingerprint density at radius 1 is 1.18 bits per heavy atom. The topological polar surface area (TPSA) is 79.1 Å². The molecule has 0 N–H and O–H groups in total. The van der Waals surface area contributed by atoms with Crippen LogP contribution >= 0.6 is 33.9 Å². The molecule has 1 aliphatic heterocycles. The number of hydrogen-bond donors (Lipinski definition) is 0. The zero-order chi connectivity index (χ0) is 24.4. The van der Waals surface area contributed by atoms with Gasteiger partial charge < -0.3 is 14.2 Å². The van der Waals surface area contributed by atoms with E-state index in [1.54, 1.807) is 50.8 Å². The molecule has 0 bridgehead atoms. The fraction of sp³-hybridized carbons (Fsp3) is 0.240. The van der Waals surface area contributed by atoms with Crippen LogP contribution in [0.3, 0.4) is 0 Å². The van der Waals surface area contributed by atoms with Crippen molar-refractivity contribution in [3.05, 3.63) is 88.1 Å².